The Balaban J connectivity index is 0.00000208. The lowest BCUT2D eigenvalue weighted by molar-refractivity contribution is -0.124. The molecule has 2 unspecified atom stereocenters. The van der Waals surface area contributed by atoms with Crippen molar-refractivity contribution >= 4 is 18.3 Å². The van der Waals surface area contributed by atoms with Crippen LogP contribution in [0.25, 0.3) is 0 Å². The van der Waals surface area contributed by atoms with Crippen LogP contribution >= 0.6 is 12.4 Å². The summed E-state index contributed by atoms with van der Waals surface area (Å²) in [6.45, 7) is 4.44. The van der Waals surface area contributed by atoms with Crippen molar-refractivity contribution in [2.75, 3.05) is 13.1 Å². The highest BCUT2D eigenvalue weighted by molar-refractivity contribution is 5.85. The fourth-order valence-electron chi connectivity index (χ4n) is 4.36. The van der Waals surface area contributed by atoms with Gasteiger partial charge in [0.1, 0.15) is 0 Å². The number of carbonyl (C=O) groups is 1. The van der Waals surface area contributed by atoms with E-state index in [1.54, 1.807) is 0 Å². The molecule has 3 nitrogen and oxygen atoms in total. The molecule has 3 rings (SSSR count). The quantitative estimate of drug-likeness (QED) is 0.842. The molecule has 1 aliphatic carbocycles. The van der Waals surface area contributed by atoms with Crippen molar-refractivity contribution in [3.05, 3.63) is 35.9 Å². The highest BCUT2D eigenvalue weighted by Gasteiger charge is 2.37. The van der Waals surface area contributed by atoms with E-state index >= 15 is 0 Å². The van der Waals surface area contributed by atoms with E-state index in [1.807, 2.05) is 6.07 Å². The predicted molar refractivity (Wildman–Crippen MR) is 101 cm³/mol. The first-order valence-electron chi connectivity index (χ1n) is 9.27. The van der Waals surface area contributed by atoms with E-state index in [1.165, 1.54) is 31.2 Å². The number of halogens is 1. The van der Waals surface area contributed by atoms with Gasteiger partial charge in [-0.05, 0) is 56.2 Å². The van der Waals surface area contributed by atoms with Gasteiger partial charge in [0.15, 0.2) is 0 Å². The van der Waals surface area contributed by atoms with E-state index < -0.39 is 0 Å². The van der Waals surface area contributed by atoms with E-state index in [0.717, 1.165) is 25.9 Å². The van der Waals surface area contributed by atoms with Crippen molar-refractivity contribution < 1.29 is 4.79 Å². The maximum absolute atomic E-state index is 12.7. The van der Waals surface area contributed by atoms with Gasteiger partial charge in [-0.15, -0.1) is 12.4 Å². The smallest absolute Gasteiger partial charge is 0.220 e. The molecular formula is C20H31ClN2O. The second-order valence-electron chi connectivity index (χ2n) is 7.49. The molecule has 2 N–H and O–H groups in total. The lowest BCUT2D eigenvalue weighted by Crippen LogP contribution is -2.45. The Hall–Kier alpha value is -1.06. The molecule has 1 heterocycles. The van der Waals surface area contributed by atoms with Crippen molar-refractivity contribution in [3.63, 3.8) is 0 Å². The number of carbonyl (C=O) groups excluding carboxylic acids is 1. The van der Waals surface area contributed by atoms with Gasteiger partial charge in [0.05, 0.1) is 5.54 Å². The number of hydrogen-bond acceptors (Lipinski definition) is 2. The van der Waals surface area contributed by atoms with E-state index in [4.69, 9.17) is 0 Å². The second kappa shape index (κ2) is 8.87. The number of amides is 1. The minimum atomic E-state index is -0.122. The van der Waals surface area contributed by atoms with Gasteiger partial charge in [-0.1, -0.05) is 50.1 Å². The Labute approximate surface area is 152 Å². The third-order valence-electron chi connectivity index (χ3n) is 5.81. The zero-order valence-corrected chi connectivity index (χ0v) is 15.5. The summed E-state index contributed by atoms with van der Waals surface area (Å²) in [5, 5.41) is 6.88. The largest absolute Gasteiger partial charge is 0.347 e. The molecule has 1 amide bonds. The molecular weight excluding hydrogens is 320 g/mol. The highest BCUT2D eigenvalue weighted by atomic mass is 35.5. The van der Waals surface area contributed by atoms with Gasteiger partial charge in [-0.25, -0.2) is 0 Å². The summed E-state index contributed by atoms with van der Waals surface area (Å²) in [7, 11) is 0. The first kappa shape index (κ1) is 19.3. The summed E-state index contributed by atoms with van der Waals surface area (Å²) in [4.78, 5) is 12.7. The molecule has 0 radical (unpaired) electrons. The van der Waals surface area contributed by atoms with Crippen LogP contribution in [0.5, 0.6) is 0 Å². The lowest BCUT2D eigenvalue weighted by atomic mass is 9.84. The fraction of sp³-hybridized carbons (Fsp3) is 0.650. The average molecular weight is 351 g/mol. The highest BCUT2D eigenvalue weighted by Crippen LogP contribution is 2.39. The fourth-order valence-corrected chi connectivity index (χ4v) is 4.36. The van der Waals surface area contributed by atoms with Crippen molar-refractivity contribution in [1.82, 2.24) is 10.6 Å². The minimum Gasteiger partial charge on any atom is -0.347 e. The van der Waals surface area contributed by atoms with Gasteiger partial charge in [0, 0.05) is 6.42 Å². The number of benzene rings is 1. The van der Waals surface area contributed by atoms with Crippen molar-refractivity contribution in [2.24, 2.45) is 11.8 Å². The minimum absolute atomic E-state index is 0. The lowest BCUT2D eigenvalue weighted by Gasteiger charge is -2.33. The molecule has 0 spiro atoms. The molecule has 1 saturated carbocycles. The molecule has 1 aromatic rings. The van der Waals surface area contributed by atoms with E-state index in [9.17, 15) is 4.79 Å². The van der Waals surface area contributed by atoms with Crippen LogP contribution < -0.4 is 10.6 Å². The van der Waals surface area contributed by atoms with E-state index in [-0.39, 0.29) is 23.9 Å². The van der Waals surface area contributed by atoms with Gasteiger partial charge >= 0.3 is 0 Å². The van der Waals surface area contributed by atoms with Gasteiger partial charge in [-0.3, -0.25) is 4.79 Å². The monoisotopic (exact) mass is 350 g/mol. The van der Waals surface area contributed by atoms with Crippen LogP contribution in [-0.4, -0.2) is 19.0 Å². The zero-order chi connectivity index (χ0) is 16.1. The summed E-state index contributed by atoms with van der Waals surface area (Å²) < 4.78 is 0. The van der Waals surface area contributed by atoms with Crippen molar-refractivity contribution in [1.29, 1.82) is 0 Å². The van der Waals surface area contributed by atoms with Crippen LogP contribution in [0.4, 0.5) is 0 Å². The zero-order valence-electron chi connectivity index (χ0n) is 14.7. The standard InChI is InChI=1S/C20H30N2O.ClH/c1-16(17-8-7-13-21-15-17)14-19(23)22-20(11-5-6-12-20)18-9-3-2-4-10-18;/h2-4,9-10,16-17,21H,5-8,11-15H2,1H3,(H,22,23);1H. The number of nitrogens with one attached hydrogen (secondary N) is 2. The Kier molecular flexibility index (Phi) is 7.12. The van der Waals surface area contributed by atoms with Crippen LogP contribution in [0.3, 0.4) is 0 Å². The molecule has 2 fully saturated rings. The third-order valence-corrected chi connectivity index (χ3v) is 5.81. The number of rotatable bonds is 5. The van der Waals surface area contributed by atoms with Crippen LogP contribution in [0.15, 0.2) is 30.3 Å². The maximum Gasteiger partial charge on any atom is 0.220 e. The number of piperidine rings is 1. The van der Waals surface area contributed by atoms with Gasteiger partial charge in [-0.2, -0.15) is 0 Å². The molecule has 2 aliphatic rings. The summed E-state index contributed by atoms with van der Waals surface area (Å²) in [5.41, 5.74) is 1.15. The van der Waals surface area contributed by atoms with E-state index in [2.05, 4.69) is 41.8 Å². The summed E-state index contributed by atoms with van der Waals surface area (Å²) in [6, 6.07) is 10.5. The summed E-state index contributed by atoms with van der Waals surface area (Å²) in [5.74, 6) is 1.33. The molecule has 4 heteroatoms. The molecule has 1 aliphatic heterocycles. The SMILES string of the molecule is CC(CC(=O)NC1(c2ccccc2)CCCC1)C1CCCNC1.Cl. The first-order chi connectivity index (χ1) is 11.2. The third kappa shape index (κ3) is 4.52. The van der Waals surface area contributed by atoms with Gasteiger partial charge in [0.25, 0.3) is 0 Å². The topological polar surface area (TPSA) is 41.1 Å². The molecule has 0 bridgehead atoms. The van der Waals surface area contributed by atoms with E-state index in [0.29, 0.717) is 18.3 Å². The van der Waals surface area contributed by atoms with Crippen LogP contribution in [0.1, 0.15) is 57.4 Å². The molecule has 134 valence electrons. The maximum atomic E-state index is 12.7. The van der Waals surface area contributed by atoms with Crippen molar-refractivity contribution in [2.45, 2.75) is 57.4 Å². The molecule has 0 aromatic heterocycles. The second-order valence-corrected chi connectivity index (χ2v) is 7.49. The van der Waals surface area contributed by atoms with Gasteiger partial charge < -0.3 is 10.6 Å². The van der Waals surface area contributed by atoms with Crippen LogP contribution in [0.2, 0.25) is 0 Å². The molecule has 2 atom stereocenters. The molecule has 24 heavy (non-hydrogen) atoms. The summed E-state index contributed by atoms with van der Waals surface area (Å²) in [6.07, 6.45) is 7.70. The number of hydrogen-bond donors (Lipinski definition) is 2. The van der Waals surface area contributed by atoms with Crippen LogP contribution in [0, 0.1) is 11.8 Å². The Morgan fingerprint density at radius 3 is 2.58 bits per heavy atom. The first-order valence-corrected chi connectivity index (χ1v) is 9.27. The Morgan fingerprint density at radius 1 is 1.25 bits per heavy atom. The predicted octanol–water partition coefficient (Wildman–Crippen LogP) is 4.02. The van der Waals surface area contributed by atoms with Crippen molar-refractivity contribution in [3.8, 4) is 0 Å². The molecule has 1 saturated heterocycles. The Bertz CT molecular complexity index is 508. The average Bonchev–Trinajstić information content (AvgIpc) is 3.06. The normalized spacial score (nSPS) is 24.0. The van der Waals surface area contributed by atoms with Gasteiger partial charge in [0.2, 0.25) is 5.91 Å². The summed E-state index contributed by atoms with van der Waals surface area (Å²) >= 11 is 0. The molecule has 1 aromatic carbocycles. The van der Waals surface area contributed by atoms with Crippen LogP contribution in [-0.2, 0) is 10.3 Å². The Morgan fingerprint density at radius 2 is 1.96 bits per heavy atom.